The van der Waals surface area contributed by atoms with Gasteiger partial charge in [-0.05, 0) is 43.5 Å². The number of carboxylic acid groups (broad SMARTS) is 1. The van der Waals surface area contributed by atoms with Crippen LogP contribution in [0.3, 0.4) is 0 Å². The van der Waals surface area contributed by atoms with Gasteiger partial charge in [-0.2, -0.15) is 0 Å². The topological polar surface area (TPSA) is 66.4 Å². The van der Waals surface area contributed by atoms with Gasteiger partial charge in [-0.15, -0.1) is 0 Å². The van der Waals surface area contributed by atoms with Crippen molar-refractivity contribution in [2.75, 3.05) is 0 Å². The molecule has 2 atom stereocenters. The number of aliphatic carboxylic acids is 1. The molecule has 0 radical (unpaired) electrons. The second-order valence-electron chi connectivity index (χ2n) is 4.97. The lowest BCUT2D eigenvalue weighted by atomic mass is 10.0. The Hall–Kier alpha value is -1.55. The van der Waals surface area contributed by atoms with Gasteiger partial charge in [-0.3, -0.25) is 9.59 Å². The summed E-state index contributed by atoms with van der Waals surface area (Å²) in [6, 6.07) is 4.82. The van der Waals surface area contributed by atoms with Gasteiger partial charge in [-0.1, -0.05) is 18.0 Å². The standard InChI is InChI=1S/C14H16ClNO3/c1-8-5-9(7-10(15)6-8)13(17)16-12-4-2-3-11(12)14(18)19/h5-7,11-12H,2-4H2,1H3,(H,16,17)(H,18,19)/t11-,12-/m1/s1. The van der Waals surface area contributed by atoms with E-state index in [1.165, 1.54) is 0 Å². The molecule has 1 aliphatic carbocycles. The zero-order valence-corrected chi connectivity index (χ0v) is 11.4. The Morgan fingerprint density at radius 3 is 2.68 bits per heavy atom. The van der Waals surface area contributed by atoms with Gasteiger partial charge in [0.25, 0.3) is 5.91 Å². The van der Waals surface area contributed by atoms with Crippen molar-refractivity contribution in [3.8, 4) is 0 Å². The van der Waals surface area contributed by atoms with Crippen LogP contribution in [-0.2, 0) is 4.79 Å². The maximum Gasteiger partial charge on any atom is 0.308 e. The van der Waals surface area contributed by atoms with Crippen molar-refractivity contribution < 1.29 is 14.7 Å². The van der Waals surface area contributed by atoms with Crippen molar-refractivity contribution in [3.63, 3.8) is 0 Å². The first kappa shape index (κ1) is 13.9. The first-order valence-electron chi connectivity index (χ1n) is 6.28. The van der Waals surface area contributed by atoms with Gasteiger partial charge in [0.15, 0.2) is 0 Å². The molecular weight excluding hydrogens is 266 g/mol. The van der Waals surface area contributed by atoms with E-state index in [0.717, 1.165) is 12.0 Å². The van der Waals surface area contributed by atoms with Gasteiger partial charge in [0.2, 0.25) is 0 Å². The molecule has 1 saturated carbocycles. The molecule has 0 aliphatic heterocycles. The Morgan fingerprint density at radius 1 is 1.32 bits per heavy atom. The van der Waals surface area contributed by atoms with E-state index in [2.05, 4.69) is 5.32 Å². The number of aryl methyl sites for hydroxylation is 1. The lowest BCUT2D eigenvalue weighted by molar-refractivity contribution is -0.142. The Balaban J connectivity index is 2.10. The summed E-state index contributed by atoms with van der Waals surface area (Å²) in [6.45, 7) is 1.86. The molecule has 0 spiro atoms. The van der Waals surface area contributed by atoms with Crippen LogP contribution in [0.25, 0.3) is 0 Å². The second-order valence-corrected chi connectivity index (χ2v) is 5.41. The number of hydrogen-bond donors (Lipinski definition) is 2. The van der Waals surface area contributed by atoms with E-state index in [0.29, 0.717) is 23.4 Å². The normalized spacial score (nSPS) is 22.2. The largest absolute Gasteiger partial charge is 0.481 e. The highest BCUT2D eigenvalue weighted by Gasteiger charge is 2.34. The summed E-state index contributed by atoms with van der Waals surface area (Å²) in [5.41, 5.74) is 1.37. The molecule has 1 amide bonds. The van der Waals surface area contributed by atoms with E-state index in [1.54, 1.807) is 18.2 Å². The summed E-state index contributed by atoms with van der Waals surface area (Å²) in [4.78, 5) is 23.2. The summed E-state index contributed by atoms with van der Waals surface area (Å²) in [6.07, 6.45) is 2.16. The molecule has 2 rings (SSSR count). The third kappa shape index (κ3) is 3.26. The summed E-state index contributed by atoms with van der Waals surface area (Å²) >= 11 is 5.92. The van der Waals surface area contributed by atoms with E-state index < -0.39 is 11.9 Å². The van der Waals surface area contributed by atoms with Crippen LogP contribution >= 0.6 is 11.6 Å². The lowest BCUT2D eigenvalue weighted by Crippen LogP contribution is -2.40. The number of rotatable bonds is 3. The molecule has 2 N–H and O–H groups in total. The minimum atomic E-state index is -0.843. The lowest BCUT2D eigenvalue weighted by Gasteiger charge is -2.17. The van der Waals surface area contributed by atoms with E-state index in [9.17, 15) is 9.59 Å². The fraction of sp³-hybridized carbons (Fsp3) is 0.429. The van der Waals surface area contributed by atoms with Crippen LogP contribution in [0.2, 0.25) is 5.02 Å². The van der Waals surface area contributed by atoms with Crippen LogP contribution in [0.4, 0.5) is 0 Å². The van der Waals surface area contributed by atoms with Crippen molar-refractivity contribution in [2.24, 2.45) is 5.92 Å². The highest BCUT2D eigenvalue weighted by molar-refractivity contribution is 6.31. The SMILES string of the molecule is Cc1cc(Cl)cc(C(=O)N[C@@H]2CCC[C@H]2C(=O)O)c1. The Labute approximate surface area is 116 Å². The van der Waals surface area contributed by atoms with E-state index in [4.69, 9.17) is 16.7 Å². The molecule has 1 fully saturated rings. The van der Waals surface area contributed by atoms with Crippen LogP contribution in [0, 0.1) is 12.8 Å². The molecule has 0 unspecified atom stereocenters. The molecule has 1 aliphatic rings. The van der Waals surface area contributed by atoms with Crippen molar-refractivity contribution in [1.29, 1.82) is 0 Å². The molecule has 0 heterocycles. The number of nitrogens with one attached hydrogen (secondary N) is 1. The third-order valence-electron chi connectivity index (χ3n) is 3.45. The second kappa shape index (κ2) is 5.61. The van der Waals surface area contributed by atoms with Crippen molar-refractivity contribution in [2.45, 2.75) is 32.2 Å². The van der Waals surface area contributed by atoms with Gasteiger partial charge < -0.3 is 10.4 Å². The molecular formula is C14H16ClNO3. The van der Waals surface area contributed by atoms with Crippen LogP contribution in [0.5, 0.6) is 0 Å². The summed E-state index contributed by atoms with van der Waals surface area (Å²) in [7, 11) is 0. The van der Waals surface area contributed by atoms with Gasteiger partial charge in [0.1, 0.15) is 0 Å². The van der Waals surface area contributed by atoms with Crippen molar-refractivity contribution in [1.82, 2.24) is 5.32 Å². The highest BCUT2D eigenvalue weighted by atomic mass is 35.5. The minimum Gasteiger partial charge on any atom is -0.481 e. The predicted octanol–water partition coefficient (Wildman–Crippen LogP) is 2.63. The first-order chi connectivity index (χ1) is 8.97. The van der Waals surface area contributed by atoms with Crippen LogP contribution in [0.1, 0.15) is 35.2 Å². The number of carbonyl (C=O) groups is 2. The third-order valence-corrected chi connectivity index (χ3v) is 3.67. The van der Waals surface area contributed by atoms with Gasteiger partial charge >= 0.3 is 5.97 Å². The molecule has 1 aromatic rings. The Bertz CT molecular complexity index is 495. The van der Waals surface area contributed by atoms with Crippen LogP contribution in [-0.4, -0.2) is 23.0 Å². The quantitative estimate of drug-likeness (QED) is 0.895. The molecule has 102 valence electrons. The molecule has 0 saturated heterocycles. The zero-order valence-electron chi connectivity index (χ0n) is 10.6. The van der Waals surface area contributed by atoms with Crippen LogP contribution < -0.4 is 5.32 Å². The molecule has 0 bridgehead atoms. The summed E-state index contributed by atoms with van der Waals surface area (Å²) in [5.74, 6) is -1.59. The van der Waals surface area contributed by atoms with Crippen molar-refractivity contribution >= 4 is 23.5 Å². The molecule has 4 nitrogen and oxygen atoms in total. The van der Waals surface area contributed by atoms with Crippen molar-refractivity contribution in [3.05, 3.63) is 34.3 Å². The Morgan fingerprint density at radius 2 is 2.05 bits per heavy atom. The number of carboxylic acids is 1. The summed E-state index contributed by atoms with van der Waals surface area (Å²) in [5, 5.41) is 12.4. The maximum atomic E-state index is 12.1. The van der Waals surface area contributed by atoms with E-state index in [-0.39, 0.29) is 11.9 Å². The van der Waals surface area contributed by atoms with E-state index in [1.807, 2.05) is 6.92 Å². The molecule has 5 heteroatoms. The smallest absolute Gasteiger partial charge is 0.308 e. The zero-order chi connectivity index (χ0) is 14.0. The average molecular weight is 282 g/mol. The molecule has 0 aromatic heterocycles. The highest BCUT2D eigenvalue weighted by Crippen LogP contribution is 2.26. The molecule has 19 heavy (non-hydrogen) atoms. The monoisotopic (exact) mass is 281 g/mol. The van der Waals surface area contributed by atoms with Crippen LogP contribution in [0.15, 0.2) is 18.2 Å². The van der Waals surface area contributed by atoms with Gasteiger partial charge in [0, 0.05) is 16.6 Å². The average Bonchev–Trinajstić information content (AvgIpc) is 2.75. The fourth-order valence-electron chi connectivity index (χ4n) is 2.55. The summed E-state index contributed by atoms with van der Waals surface area (Å²) < 4.78 is 0. The first-order valence-corrected chi connectivity index (χ1v) is 6.66. The number of halogens is 1. The predicted molar refractivity (Wildman–Crippen MR) is 72.4 cm³/mol. The van der Waals surface area contributed by atoms with E-state index >= 15 is 0 Å². The van der Waals surface area contributed by atoms with Gasteiger partial charge in [-0.25, -0.2) is 0 Å². The number of hydrogen-bond acceptors (Lipinski definition) is 2. The number of amides is 1. The number of carbonyl (C=O) groups excluding carboxylic acids is 1. The maximum absolute atomic E-state index is 12.1. The fourth-order valence-corrected chi connectivity index (χ4v) is 2.84. The molecule has 1 aromatic carbocycles. The van der Waals surface area contributed by atoms with Gasteiger partial charge in [0.05, 0.1) is 5.92 Å². The number of benzene rings is 1. The minimum absolute atomic E-state index is 0.260. The Kier molecular flexibility index (Phi) is 4.10.